The van der Waals surface area contributed by atoms with Crippen LogP contribution in [0.1, 0.15) is 5.56 Å². The minimum absolute atomic E-state index is 0.0665. The van der Waals surface area contributed by atoms with Crippen molar-refractivity contribution in [3.63, 3.8) is 0 Å². The van der Waals surface area contributed by atoms with E-state index in [9.17, 15) is 8.42 Å². The molecule has 0 aliphatic rings. The van der Waals surface area contributed by atoms with Crippen molar-refractivity contribution in [3.05, 3.63) is 71.8 Å². The highest BCUT2D eigenvalue weighted by Gasteiger charge is 2.21. The number of nitrogens with zero attached hydrogens (tertiary/aromatic N) is 2. The lowest BCUT2D eigenvalue weighted by molar-refractivity contribution is 0.402. The quantitative estimate of drug-likeness (QED) is 0.679. The van der Waals surface area contributed by atoms with Crippen LogP contribution < -0.4 is 4.74 Å². The summed E-state index contributed by atoms with van der Waals surface area (Å²) in [5.74, 6) is 0.0676. The van der Waals surface area contributed by atoms with Crippen molar-refractivity contribution in [2.24, 2.45) is 0 Å². The third-order valence-electron chi connectivity index (χ3n) is 3.63. The normalized spacial score (nSPS) is 11.3. The number of sulfone groups is 1. The summed E-state index contributed by atoms with van der Waals surface area (Å²) >= 11 is 5.95. The number of methoxy groups -OCH3 is 1. The first kappa shape index (κ1) is 17.4. The number of pyridine rings is 2. The molecule has 0 bridgehead atoms. The second-order valence-electron chi connectivity index (χ2n) is 5.37. The zero-order chi connectivity index (χ0) is 17.9. The van der Waals surface area contributed by atoms with Gasteiger partial charge in [-0.05, 0) is 47.5 Å². The molecule has 0 atom stereocenters. The van der Waals surface area contributed by atoms with E-state index in [2.05, 4.69) is 9.97 Å². The number of benzene rings is 1. The number of hydrogen-bond acceptors (Lipinski definition) is 5. The third kappa shape index (κ3) is 3.97. The van der Waals surface area contributed by atoms with Crippen molar-refractivity contribution in [3.8, 4) is 16.9 Å². The molecule has 1 aromatic carbocycles. The van der Waals surface area contributed by atoms with Crippen molar-refractivity contribution in [1.29, 1.82) is 0 Å². The third-order valence-corrected chi connectivity index (χ3v) is 5.56. The van der Waals surface area contributed by atoms with Gasteiger partial charge in [0.05, 0.1) is 12.9 Å². The van der Waals surface area contributed by atoms with Crippen molar-refractivity contribution >= 4 is 21.4 Å². The van der Waals surface area contributed by atoms with Gasteiger partial charge in [0.1, 0.15) is 10.6 Å². The van der Waals surface area contributed by atoms with Gasteiger partial charge >= 0.3 is 0 Å². The van der Waals surface area contributed by atoms with E-state index in [4.69, 9.17) is 16.3 Å². The highest BCUT2D eigenvalue weighted by Crippen LogP contribution is 2.30. The minimum Gasteiger partial charge on any atom is -0.495 e. The van der Waals surface area contributed by atoms with Gasteiger partial charge in [-0.3, -0.25) is 9.97 Å². The Bertz CT molecular complexity index is 992. The van der Waals surface area contributed by atoms with E-state index in [0.717, 1.165) is 11.1 Å². The van der Waals surface area contributed by atoms with Gasteiger partial charge in [-0.25, -0.2) is 8.42 Å². The Morgan fingerprint density at radius 3 is 2.48 bits per heavy atom. The van der Waals surface area contributed by atoms with Crippen LogP contribution in [-0.2, 0) is 15.6 Å². The average molecular weight is 375 g/mol. The Morgan fingerprint density at radius 2 is 1.76 bits per heavy atom. The molecule has 0 spiro atoms. The number of halogens is 1. The Balaban J connectivity index is 1.96. The summed E-state index contributed by atoms with van der Waals surface area (Å²) in [4.78, 5) is 8.20. The molecule has 0 saturated carbocycles. The maximum Gasteiger partial charge on any atom is 0.186 e. The summed E-state index contributed by atoms with van der Waals surface area (Å²) in [5, 5.41) is 0.336. The van der Waals surface area contributed by atoms with Crippen molar-refractivity contribution < 1.29 is 13.2 Å². The largest absolute Gasteiger partial charge is 0.495 e. The molecule has 0 N–H and O–H groups in total. The van der Waals surface area contributed by atoms with Crippen molar-refractivity contribution in [2.45, 2.75) is 10.6 Å². The molecular weight excluding hydrogens is 360 g/mol. The fraction of sp³-hybridized carbons (Fsp3) is 0.111. The van der Waals surface area contributed by atoms with E-state index >= 15 is 0 Å². The van der Waals surface area contributed by atoms with Crippen LogP contribution in [0.15, 0.2) is 66.1 Å². The summed E-state index contributed by atoms with van der Waals surface area (Å²) < 4.78 is 30.8. The number of aromatic nitrogens is 2. The maximum absolute atomic E-state index is 12.8. The average Bonchev–Trinajstić information content (AvgIpc) is 2.62. The summed E-state index contributed by atoms with van der Waals surface area (Å²) in [6.45, 7) is 0. The van der Waals surface area contributed by atoms with Gasteiger partial charge in [0, 0.05) is 35.4 Å². The Labute approximate surface area is 151 Å². The van der Waals surface area contributed by atoms with Gasteiger partial charge in [0.2, 0.25) is 0 Å². The van der Waals surface area contributed by atoms with E-state index in [1.54, 1.807) is 43.0 Å². The van der Waals surface area contributed by atoms with Crippen LogP contribution in [0, 0.1) is 0 Å². The van der Waals surface area contributed by atoms with Crippen LogP contribution in [0.2, 0.25) is 5.02 Å². The van der Waals surface area contributed by atoms with E-state index in [0.29, 0.717) is 10.6 Å². The molecule has 0 aliphatic carbocycles. The maximum atomic E-state index is 12.8. The molecule has 128 valence electrons. The molecule has 0 fully saturated rings. The van der Waals surface area contributed by atoms with E-state index < -0.39 is 9.84 Å². The summed E-state index contributed by atoms with van der Waals surface area (Å²) in [5.41, 5.74) is 2.33. The van der Waals surface area contributed by atoms with Crippen molar-refractivity contribution in [2.75, 3.05) is 7.11 Å². The summed E-state index contributed by atoms with van der Waals surface area (Å²) in [6.07, 6.45) is 6.58. The van der Waals surface area contributed by atoms with Gasteiger partial charge in [-0.1, -0.05) is 11.6 Å². The molecule has 2 heterocycles. The van der Waals surface area contributed by atoms with Gasteiger partial charge in [-0.15, -0.1) is 0 Å². The lowest BCUT2D eigenvalue weighted by Gasteiger charge is -2.10. The summed E-state index contributed by atoms with van der Waals surface area (Å²) in [6, 6.07) is 10.0. The topological polar surface area (TPSA) is 69.2 Å². The van der Waals surface area contributed by atoms with E-state index in [1.807, 2.05) is 12.1 Å². The lowest BCUT2D eigenvalue weighted by atomic mass is 10.1. The van der Waals surface area contributed by atoms with Crippen molar-refractivity contribution in [1.82, 2.24) is 9.97 Å². The Kier molecular flexibility index (Phi) is 5.01. The zero-order valence-corrected chi connectivity index (χ0v) is 15.0. The first-order valence-corrected chi connectivity index (χ1v) is 9.43. The van der Waals surface area contributed by atoms with Gasteiger partial charge in [-0.2, -0.15) is 0 Å². The molecule has 2 aromatic heterocycles. The van der Waals surface area contributed by atoms with Crippen LogP contribution in [0.4, 0.5) is 0 Å². The molecule has 0 unspecified atom stereocenters. The Morgan fingerprint density at radius 1 is 1.00 bits per heavy atom. The predicted molar refractivity (Wildman–Crippen MR) is 96.4 cm³/mol. The molecule has 5 nitrogen and oxygen atoms in total. The zero-order valence-electron chi connectivity index (χ0n) is 13.4. The van der Waals surface area contributed by atoms with Crippen LogP contribution in [0.5, 0.6) is 5.75 Å². The second kappa shape index (κ2) is 7.21. The lowest BCUT2D eigenvalue weighted by Crippen LogP contribution is -2.07. The van der Waals surface area contributed by atoms with Gasteiger partial charge in [0.15, 0.2) is 9.84 Å². The van der Waals surface area contributed by atoms with E-state index in [-0.39, 0.29) is 16.4 Å². The second-order valence-corrected chi connectivity index (χ2v) is 7.77. The molecule has 0 saturated heterocycles. The van der Waals surface area contributed by atoms with E-state index in [1.165, 1.54) is 13.2 Å². The van der Waals surface area contributed by atoms with Crippen LogP contribution in [-0.4, -0.2) is 25.5 Å². The first-order chi connectivity index (χ1) is 12.0. The van der Waals surface area contributed by atoms with Gasteiger partial charge in [0.25, 0.3) is 0 Å². The molecule has 25 heavy (non-hydrogen) atoms. The van der Waals surface area contributed by atoms with Gasteiger partial charge < -0.3 is 4.74 Å². The smallest absolute Gasteiger partial charge is 0.186 e. The number of ether oxygens (including phenoxy) is 1. The fourth-order valence-corrected chi connectivity index (χ4v) is 4.21. The molecular formula is C18H15ClN2O3S. The molecule has 0 amide bonds. The monoisotopic (exact) mass is 374 g/mol. The molecule has 3 aromatic rings. The Hall–Kier alpha value is -2.44. The molecule has 7 heteroatoms. The standard InChI is InChI=1S/C18H15ClN2O3S/c1-24-17-3-2-16(19)9-18(17)25(22,23)12-13-8-15(11-21-10-13)14-4-6-20-7-5-14/h2-11H,12H2,1H3. The molecule has 3 rings (SSSR count). The minimum atomic E-state index is -3.64. The SMILES string of the molecule is COc1ccc(Cl)cc1S(=O)(=O)Cc1cncc(-c2ccncc2)c1. The summed E-state index contributed by atoms with van der Waals surface area (Å²) in [7, 11) is -2.21. The van der Waals surface area contributed by atoms with Crippen LogP contribution >= 0.6 is 11.6 Å². The number of hydrogen-bond donors (Lipinski definition) is 0. The first-order valence-electron chi connectivity index (χ1n) is 7.40. The van der Waals surface area contributed by atoms with Crippen LogP contribution in [0.3, 0.4) is 0 Å². The molecule has 0 aliphatic heterocycles. The highest BCUT2D eigenvalue weighted by atomic mass is 35.5. The van der Waals surface area contributed by atoms with Crippen LogP contribution in [0.25, 0.3) is 11.1 Å². The highest BCUT2D eigenvalue weighted by molar-refractivity contribution is 7.90. The molecule has 0 radical (unpaired) electrons. The fourth-order valence-electron chi connectivity index (χ4n) is 2.46. The predicted octanol–water partition coefficient (Wildman–Crippen LogP) is 3.78. The number of rotatable bonds is 5.